The van der Waals surface area contributed by atoms with Crippen molar-refractivity contribution in [2.75, 3.05) is 0 Å². The molecule has 1 rings (SSSR count). The lowest BCUT2D eigenvalue weighted by Crippen LogP contribution is -2.23. The average Bonchev–Trinajstić information content (AvgIpc) is 2.44. The Hall–Kier alpha value is -0.800. The summed E-state index contributed by atoms with van der Waals surface area (Å²) in [5, 5.41) is 4.02. The number of ether oxygens (including phenoxy) is 1. The topological polar surface area (TPSA) is 34.1 Å². The van der Waals surface area contributed by atoms with Crippen LogP contribution in [0.5, 0.6) is 5.88 Å². The first-order valence-corrected chi connectivity index (χ1v) is 8.46. The Kier molecular flexibility index (Phi) is 8.70. The standard InChI is InChI=1S/C17H29ClN2O/c1-5-6-7-8-9-14(4)21-17-11-10-15(18)16(20-17)12-19-13(2)3/h10-11,13-14,19H,5-9,12H2,1-4H3. The van der Waals surface area contributed by atoms with Crippen molar-refractivity contribution in [1.82, 2.24) is 10.3 Å². The molecule has 1 atom stereocenters. The van der Waals surface area contributed by atoms with E-state index in [0.717, 1.165) is 12.1 Å². The van der Waals surface area contributed by atoms with E-state index in [0.29, 0.717) is 23.5 Å². The molecule has 0 spiro atoms. The maximum Gasteiger partial charge on any atom is 0.213 e. The summed E-state index contributed by atoms with van der Waals surface area (Å²) in [5.74, 6) is 0.669. The van der Waals surface area contributed by atoms with Crippen LogP contribution in [0.15, 0.2) is 12.1 Å². The zero-order valence-corrected chi connectivity index (χ0v) is 14.5. The Morgan fingerprint density at radius 3 is 2.62 bits per heavy atom. The van der Waals surface area contributed by atoms with Crippen molar-refractivity contribution in [3.8, 4) is 5.88 Å². The monoisotopic (exact) mass is 312 g/mol. The van der Waals surface area contributed by atoms with Crippen LogP contribution >= 0.6 is 11.6 Å². The molecular formula is C17H29ClN2O. The van der Waals surface area contributed by atoms with Gasteiger partial charge in [-0.1, -0.05) is 51.6 Å². The summed E-state index contributed by atoms with van der Waals surface area (Å²) in [6, 6.07) is 4.12. The summed E-state index contributed by atoms with van der Waals surface area (Å²) in [6.45, 7) is 9.20. The third-order valence-corrected chi connectivity index (χ3v) is 3.70. The summed E-state index contributed by atoms with van der Waals surface area (Å²) in [6.07, 6.45) is 6.33. The number of hydrogen-bond donors (Lipinski definition) is 1. The minimum atomic E-state index is 0.196. The Morgan fingerprint density at radius 1 is 1.19 bits per heavy atom. The molecule has 1 heterocycles. The van der Waals surface area contributed by atoms with Crippen LogP contribution in [0, 0.1) is 0 Å². The lowest BCUT2D eigenvalue weighted by molar-refractivity contribution is 0.197. The van der Waals surface area contributed by atoms with Crippen LogP contribution in [0.2, 0.25) is 5.02 Å². The number of hydrogen-bond acceptors (Lipinski definition) is 3. The Balaban J connectivity index is 2.48. The predicted molar refractivity (Wildman–Crippen MR) is 90.1 cm³/mol. The summed E-state index contributed by atoms with van der Waals surface area (Å²) in [4.78, 5) is 4.51. The van der Waals surface area contributed by atoms with E-state index in [4.69, 9.17) is 16.3 Å². The summed E-state index contributed by atoms with van der Waals surface area (Å²) in [7, 11) is 0. The third-order valence-electron chi connectivity index (χ3n) is 3.36. The molecule has 1 aromatic rings. The first-order valence-electron chi connectivity index (χ1n) is 8.08. The van der Waals surface area contributed by atoms with E-state index in [1.54, 1.807) is 0 Å². The Labute approximate surface area is 134 Å². The van der Waals surface area contributed by atoms with Gasteiger partial charge in [0.2, 0.25) is 5.88 Å². The number of pyridine rings is 1. The van der Waals surface area contributed by atoms with Gasteiger partial charge in [0.05, 0.1) is 16.8 Å². The van der Waals surface area contributed by atoms with Crippen molar-refractivity contribution in [1.29, 1.82) is 0 Å². The van der Waals surface area contributed by atoms with E-state index in [2.05, 4.69) is 38.0 Å². The van der Waals surface area contributed by atoms with Gasteiger partial charge in [-0.25, -0.2) is 4.98 Å². The summed E-state index contributed by atoms with van der Waals surface area (Å²) in [5.41, 5.74) is 0.848. The van der Waals surface area contributed by atoms with Crippen molar-refractivity contribution in [3.63, 3.8) is 0 Å². The maximum atomic E-state index is 6.18. The van der Waals surface area contributed by atoms with Gasteiger partial charge in [-0.2, -0.15) is 0 Å². The molecular weight excluding hydrogens is 284 g/mol. The SMILES string of the molecule is CCCCCCC(C)Oc1ccc(Cl)c(CNC(C)C)n1. The molecule has 0 aromatic carbocycles. The van der Waals surface area contributed by atoms with Gasteiger partial charge in [-0.15, -0.1) is 0 Å². The molecule has 120 valence electrons. The van der Waals surface area contributed by atoms with Crippen molar-refractivity contribution >= 4 is 11.6 Å². The fourth-order valence-corrected chi connectivity index (χ4v) is 2.25. The number of nitrogens with one attached hydrogen (secondary N) is 1. The zero-order valence-electron chi connectivity index (χ0n) is 13.8. The number of halogens is 1. The van der Waals surface area contributed by atoms with E-state index in [9.17, 15) is 0 Å². The fraction of sp³-hybridized carbons (Fsp3) is 0.706. The van der Waals surface area contributed by atoms with Gasteiger partial charge in [0.15, 0.2) is 0 Å². The fourth-order valence-electron chi connectivity index (χ4n) is 2.08. The predicted octanol–water partition coefficient (Wildman–Crippen LogP) is 4.97. The molecule has 21 heavy (non-hydrogen) atoms. The van der Waals surface area contributed by atoms with Crippen molar-refractivity contribution in [3.05, 3.63) is 22.8 Å². The third kappa shape index (κ3) is 7.68. The molecule has 4 heteroatoms. The van der Waals surface area contributed by atoms with E-state index < -0.39 is 0 Å². The highest BCUT2D eigenvalue weighted by molar-refractivity contribution is 6.31. The molecule has 1 N–H and O–H groups in total. The minimum Gasteiger partial charge on any atom is -0.475 e. The smallest absolute Gasteiger partial charge is 0.213 e. The molecule has 1 unspecified atom stereocenters. The normalized spacial score (nSPS) is 12.7. The van der Waals surface area contributed by atoms with Gasteiger partial charge in [0, 0.05) is 18.7 Å². The van der Waals surface area contributed by atoms with E-state index in [1.165, 1.54) is 25.7 Å². The quantitative estimate of drug-likeness (QED) is 0.619. The van der Waals surface area contributed by atoms with Crippen molar-refractivity contribution in [2.45, 2.75) is 78.5 Å². The highest BCUT2D eigenvalue weighted by Gasteiger charge is 2.09. The van der Waals surface area contributed by atoms with Crippen molar-refractivity contribution < 1.29 is 4.74 Å². The number of unbranched alkanes of at least 4 members (excludes halogenated alkanes) is 3. The van der Waals surface area contributed by atoms with E-state index >= 15 is 0 Å². The maximum absolute atomic E-state index is 6.18. The molecule has 0 saturated carbocycles. The lowest BCUT2D eigenvalue weighted by Gasteiger charge is -2.15. The van der Waals surface area contributed by atoms with E-state index in [-0.39, 0.29) is 6.10 Å². The molecule has 3 nitrogen and oxygen atoms in total. The van der Waals surface area contributed by atoms with Crippen LogP contribution in [0.1, 0.15) is 65.5 Å². The van der Waals surface area contributed by atoms with Crippen LogP contribution in [0.25, 0.3) is 0 Å². The molecule has 1 aromatic heterocycles. The molecule has 0 aliphatic heterocycles. The van der Waals surface area contributed by atoms with Crippen LogP contribution in [-0.4, -0.2) is 17.1 Å². The number of nitrogens with zero attached hydrogens (tertiary/aromatic N) is 1. The second kappa shape index (κ2) is 10.0. The van der Waals surface area contributed by atoms with Gasteiger partial charge < -0.3 is 10.1 Å². The highest BCUT2D eigenvalue weighted by Crippen LogP contribution is 2.20. The first-order chi connectivity index (χ1) is 10.0. The first kappa shape index (κ1) is 18.2. The molecule has 0 saturated heterocycles. The van der Waals surface area contributed by atoms with Crippen LogP contribution in [0.4, 0.5) is 0 Å². The van der Waals surface area contributed by atoms with Gasteiger partial charge in [0.25, 0.3) is 0 Å². The highest BCUT2D eigenvalue weighted by atomic mass is 35.5. The minimum absolute atomic E-state index is 0.196. The zero-order chi connectivity index (χ0) is 15.7. The largest absolute Gasteiger partial charge is 0.475 e. The molecule has 0 fully saturated rings. The van der Waals surface area contributed by atoms with Gasteiger partial charge in [-0.05, 0) is 25.8 Å². The van der Waals surface area contributed by atoms with Gasteiger partial charge >= 0.3 is 0 Å². The molecule has 0 aliphatic rings. The number of rotatable bonds is 10. The van der Waals surface area contributed by atoms with Gasteiger partial charge in [-0.3, -0.25) is 0 Å². The average molecular weight is 313 g/mol. The Morgan fingerprint density at radius 2 is 1.95 bits per heavy atom. The summed E-state index contributed by atoms with van der Waals surface area (Å²) < 4.78 is 5.90. The lowest BCUT2D eigenvalue weighted by atomic mass is 10.1. The Bertz CT molecular complexity index is 410. The molecule has 0 bridgehead atoms. The van der Waals surface area contributed by atoms with Crippen molar-refractivity contribution in [2.24, 2.45) is 0 Å². The van der Waals surface area contributed by atoms with Crippen LogP contribution in [0.3, 0.4) is 0 Å². The van der Waals surface area contributed by atoms with Crippen LogP contribution in [-0.2, 0) is 6.54 Å². The second-order valence-electron chi connectivity index (χ2n) is 5.89. The molecule has 0 radical (unpaired) electrons. The van der Waals surface area contributed by atoms with Gasteiger partial charge in [0.1, 0.15) is 0 Å². The summed E-state index contributed by atoms with van der Waals surface area (Å²) >= 11 is 6.18. The molecule has 0 aliphatic carbocycles. The number of aromatic nitrogens is 1. The van der Waals surface area contributed by atoms with E-state index in [1.807, 2.05) is 12.1 Å². The van der Waals surface area contributed by atoms with Crippen LogP contribution < -0.4 is 10.1 Å². The second-order valence-corrected chi connectivity index (χ2v) is 6.30. The molecule has 0 amide bonds.